The molecule has 1 atom stereocenters. The van der Waals surface area contributed by atoms with E-state index in [0.717, 1.165) is 24.2 Å². The smallest absolute Gasteiger partial charge is 0.0400 e. The minimum atomic E-state index is 0.0423. The lowest BCUT2D eigenvalue weighted by Crippen LogP contribution is -2.09. The molecule has 0 amide bonds. The molecule has 0 aliphatic heterocycles. The molecule has 0 unspecified atom stereocenters. The van der Waals surface area contributed by atoms with Crippen LogP contribution in [0.3, 0.4) is 0 Å². The Morgan fingerprint density at radius 1 is 1.05 bits per heavy atom. The highest BCUT2D eigenvalue weighted by molar-refractivity contribution is 5.45. The number of nitrogens with one attached hydrogen (secondary N) is 1. The molecule has 3 N–H and O–H groups in total. The van der Waals surface area contributed by atoms with E-state index in [4.69, 9.17) is 5.73 Å². The molecule has 0 radical (unpaired) electrons. The van der Waals surface area contributed by atoms with Gasteiger partial charge in [-0.3, -0.25) is 0 Å². The van der Waals surface area contributed by atoms with Crippen molar-refractivity contribution >= 4 is 5.69 Å². The normalized spacial score (nSPS) is 11.8. The number of anilines is 1. The fourth-order valence-electron chi connectivity index (χ4n) is 1.96. The zero-order valence-electron chi connectivity index (χ0n) is 11.0. The lowest BCUT2D eigenvalue weighted by atomic mass is 10.0. The summed E-state index contributed by atoms with van der Waals surface area (Å²) in [6, 6.07) is 18.7. The van der Waals surface area contributed by atoms with Gasteiger partial charge in [-0.05, 0) is 29.7 Å². The molecule has 0 aliphatic rings. The maximum Gasteiger partial charge on any atom is 0.0400 e. The zero-order chi connectivity index (χ0) is 13.5. The van der Waals surface area contributed by atoms with Crippen molar-refractivity contribution in [2.24, 2.45) is 5.73 Å². The van der Waals surface area contributed by atoms with E-state index in [1.54, 1.807) is 0 Å². The van der Waals surface area contributed by atoms with Crippen molar-refractivity contribution in [3.8, 4) is 0 Å². The van der Waals surface area contributed by atoms with Gasteiger partial charge in [-0.15, -0.1) is 6.58 Å². The Hall–Kier alpha value is -2.06. The first kappa shape index (κ1) is 13.4. The van der Waals surface area contributed by atoms with Crippen molar-refractivity contribution in [1.82, 2.24) is 0 Å². The molecular formula is C17H20N2. The number of rotatable bonds is 6. The molecule has 0 bridgehead atoms. The highest BCUT2D eigenvalue weighted by Crippen LogP contribution is 2.17. The molecule has 0 fully saturated rings. The van der Waals surface area contributed by atoms with Gasteiger partial charge in [0.15, 0.2) is 0 Å². The van der Waals surface area contributed by atoms with Gasteiger partial charge in [-0.25, -0.2) is 0 Å². The summed E-state index contributed by atoms with van der Waals surface area (Å²) in [5, 5.41) is 3.40. The van der Waals surface area contributed by atoms with E-state index < -0.39 is 0 Å². The molecule has 2 rings (SSSR count). The minimum Gasteiger partial charge on any atom is -0.381 e. The van der Waals surface area contributed by atoms with E-state index in [1.807, 2.05) is 12.1 Å². The van der Waals surface area contributed by atoms with E-state index in [-0.39, 0.29) is 6.04 Å². The molecule has 2 aromatic rings. The van der Waals surface area contributed by atoms with E-state index in [1.165, 1.54) is 5.56 Å². The van der Waals surface area contributed by atoms with Crippen LogP contribution in [0.15, 0.2) is 67.3 Å². The summed E-state index contributed by atoms with van der Waals surface area (Å²) >= 11 is 0. The van der Waals surface area contributed by atoms with Crippen molar-refractivity contribution < 1.29 is 0 Å². The number of hydrogen-bond acceptors (Lipinski definition) is 2. The van der Waals surface area contributed by atoms with Crippen LogP contribution in [0.1, 0.15) is 23.6 Å². The monoisotopic (exact) mass is 252 g/mol. The van der Waals surface area contributed by atoms with Crippen molar-refractivity contribution in [3.63, 3.8) is 0 Å². The van der Waals surface area contributed by atoms with E-state index in [0.29, 0.717) is 0 Å². The summed E-state index contributed by atoms with van der Waals surface area (Å²) in [5.41, 5.74) is 9.56. The molecule has 0 saturated carbocycles. The van der Waals surface area contributed by atoms with Gasteiger partial charge in [0.2, 0.25) is 0 Å². The Labute approximate surface area is 115 Å². The van der Waals surface area contributed by atoms with E-state index >= 15 is 0 Å². The standard InChI is InChI=1S/C17H20N2/c1-2-6-17(18)15-9-11-16(12-10-15)19-13-14-7-4-3-5-8-14/h2-5,7-12,17,19H,1,6,13,18H2/t17-/m0/s1. The number of benzene rings is 2. The minimum absolute atomic E-state index is 0.0423. The third kappa shape index (κ3) is 3.97. The second kappa shape index (κ2) is 6.76. The van der Waals surface area contributed by atoms with Gasteiger partial charge in [0.1, 0.15) is 0 Å². The van der Waals surface area contributed by atoms with Crippen LogP contribution in [0, 0.1) is 0 Å². The molecule has 0 heterocycles. The number of hydrogen-bond donors (Lipinski definition) is 2. The summed E-state index contributed by atoms with van der Waals surface area (Å²) in [6.45, 7) is 4.55. The Morgan fingerprint density at radius 3 is 2.37 bits per heavy atom. The van der Waals surface area contributed by atoms with Crippen molar-refractivity contribution in [3.05, 3.63) is 78.4 Å². The molecule has 2 nitrogen and oxygen atoms in total. The summed E-state index contributed by atoms with van der Waals surface area (Å²) < 4.78 is 0. The van der Waals surface area contributed by atoms with Gasteiger partial charge in [0, 0.05) is 18.3 Å². The van der Waals surface area contributed by atoms with Gasteiger partial charge in [-0.2, -0.15) is 0 Å². The fourth-order valence-corrected chi connectivity index (χ4v) is 1.96. The van der Waals surface area contributed by atoms with Crippen molar-refractivity contribution in [1.29, 1.82) is 0 Å². The van der Waals surface area contributed by atoms with Crippen LogP contribution >= 0.6 is 0 Å². The van der Waals surface area contributed by atoms with Gasteiger partial charge in [0.05, 0.1) is 0 Å². The van der Waals surface area contributed by atoms with Crippen LogP contribution < -0.4 is 11.1 Å². The first-order valence-corrected chi connectivity index (χ1v) is 6.54. The van der Waals surface area contributed by atoms with Crippen LogP contribution in [0.25, 0.3) is 0 Å². The fraction of sp³-hybridized carbons (Fsp3) is 0.176. The SMILES string of the molecule is C=CC[C@H](N)c1ccc(NCc2ccccc2)cc1. The van der Waals surface area contributed by atoms with Gasteiger partial charge >= 0.3 is 0 Å². The Bertz CT molecular complexity index is 503. The highest BCUT2D eigenvalue weighted by atomic mass is 14.9. The predicted molar refractivity (Wildman–Crippen MR) is 82.0 cm³/mol. The Balaban J connectivity index is 1.93. The lowest BCUT2D eigenvalue weighted by Gasteiger charge is -2.11. The van der Waals surface area contributed by atoms with Gasteiger partial charge < -0.3 is 11.1 Å². The van der Waals surface area contributed by atoms with Crippen LogP contribution in [-0.2, 0) is 6.54 Å². The van der Waals surface area contributed by atoms with Gasteiger partial charge in [-0.1, -0.05) is 48.5 Å². The molecule has 0 aliphatic carbocycles. The quantitative estimate of drug-likeness (QED) is 0.766. The Morgan fingerprint density at radius 2 is 1.74 bits per heavy atom. The largest absolute Gasteiger partial charge is 0.381 e. The topological polar surface area (TPSA) is 38.0 Å². The van der Waals surface area contributed by atoms with Crippen LogP contribution in [0.5, 0.6) is 0 Å². The first-order valence-electron chi connectivity index (χ1n) is 6.54. The van der Waals surface area contributed by atoms with Crippen LogP contribution in [-0.4, -0.2) is 0 Å². The van der Waals surface area contributed by atoms with Crippen molar-refractivity contribution in [2.75, 3.05) is 5.32 Å². The molecule has 0 aromatic heterocycles. The summed E-state index contributed by atoms with van der Waals surface area (Å²) in [5.74, 6) is 0. The second-order valence-electron chi connectivity index (χ2n) is 4.59. The molecule has 0 spiro atoms. The lowest BCUT2D eigenvalue weighted by molar-refractivity contribution is 0.742. The second-order valence-corrected chi connectivity index (χ2v) is 4.59. The van der Waals surface area contributed by atoms with Gasteiger partial charge in [0.25, 0.3) is 0 Å². The van der Waals surface area contributed by atoms with Crippen LogP contribution in [0.2, 0.25) is 0 Å². The average molecular weight is 252 g/mol. The predicted octanol–water partition coefficient (Wildman–Crippen LogP) is 3.87. The van der Waals surface area contributed by atoms with Crippen molar-refractivity contribution in [2.45, 2.75) is 19.0 Å². The molecule has 0 saturated heterocycles. The molecule has 98 valence electrons. The van der Waals surface area contributed by atoms with E-state index in [2.05, 4.69) is 60.4 Å². The molecular weight excluding hydrogens is 232 g/mol. The summed E-state index contributed by atoms with van der Waals surface area (Å²) in [7, 11) is 0. The third-order valence-electron chi connectivity index (χ3n) is 3.10. The summed E-state index contributed by atoms with van der Waals surface area (Å²) in [4.78, 5) is 0. The van der Waals surface area contributed by atoms with Crippen LogP contribution in [0.4, 0.5) is 5.69 Å². The third-order valence-corrected chi connectivity index (χ3v) is 3.10. The highest BCUT2D eigenvalue weighted by Gasteiger charge is 2.03. The number of nitrogens with two attached hydrogens (primary N) is 1. The van der Waals surface area contributed by atoms with E-state index in [9.17, 15) is 0 Å². The molecule has 19 heavy (non-hydrogen) atoms. The maximum absolute atomic E-state index is 6.03. The summed E-state index contributed by atoms with van der Waals surface area (Å²) in [6.07, 6.45) is 2.66. The molecule has 2 heteroatoms. The Kier molecular flexibility index (Phi) is 4.76. The average Bonchev–Trinajstić information content (AvgIpc) is 2.47. The zero-order valence-corrected chi connectivity index (χ0v) is 11.0. The first-order chi connectivity index (χ1) is 9.29. The molecule has 2 aromatic carbocycles. The maximum atomic E-state index is 6.03.